The number of ether oxygens (including phenoxy) is 3. The monoisotopic (exact) mass is 452 g/mol. The van der Waals surface area contributed by atoms with Crippen molar-refractivity contribution in [2.45, 2.75) is 39.3 Å². The van der Waals surface area contributed by atoms with E-state index in [1.807, 2.05) is 49.4 Å². The van der Waals surface area contributed by atoms with Crippen molar-refractivity contribution >= 4 is 12.1 Å². The van der Waals surface area contributed by atoms with E-state index in [4.69, 9.17) is 14.2 Å². The molecule has 2 aromatic carbocycles. The lowest BCUT2D eigenvalue weighted by molar-refractivity contribution is -0.159. The Kier molecular flexibility index (Phi) is 7.50. The number of fused-ring (bicyclic) bond motifs is 1. The Bertz CT molecular complexity index is 956. The first kappa shape index (κ1) is 23.1. The summed E-state index contributed by atoms with van der Waals surface area (Å²) in [6.45, 7) is 5.38. The zero-order valence-electron chi connectivity index (χ0n) is 19.2. The Morgan fingerprint density at radius 1 is 1.03 bits per heavy atom. The van der Waals surface area contributed by atoms with Crippen LogP contribution in [0.2, 0.25) is 0 Å². The fraction of sp³-hybridized carbons (Fsp3) is 0.462. The molecule has 2 aromatic rings. The van der Waals surface area contributed by atoms with Crippen molar-refractivity contribution in [1.82, 2.24) is 10.2 Å². The summed E-state index contributed by atoms with van der Waals surface area (Å²) in [6.07, 6.45) is 1.84. The minimum Gasteiger partial charge on any atom is -0.492 e. The molecule has 1 amide bonds. The quantitative estimate of drug-likeness (QED) is 0.646. The van der Waals surface area contributed by atoms with Crippen molar-refractivity contribution < 1.29 is 23.8 Å². The predicted molar refractivity (Wildman–Crippen MR) is 124 cm³/mol. The van der Waals surface area contributed by atoms with Crippen LogP contribution in [0.3, 0.4) is 0 Å². The lowest BCUT2D eigenvalue weighted by Crippen LogP contribution is -2.46. The van der Waals surface area contributed by atoms with Gasteiger partial charge in [-0.1, -0.05) is 36.4 Å². The second kappa shape index (κ2) is 10.7. The molecule has 1 N–H and O–H groups in total. The maximum atomic E-state index is 12.7. The van der Waals surface area contributed by atoms with Crippen LogP contribution < -0.4 is 10.1 Å². The van der Waals surface area contributed by atoms with Gasteiger partial charge in [0.05, 0.1) is 6.61 Å². The minimum absolute atomic E-state index is 0.184. The van der Waals surface area contributed by atoms with Crippen LogP contribution in [0.1, 0.15) is 36.5 Å². The molecule has 0 saturated carbocycles. The third kappa shape index (κ3) is 5.66. The fourth-order valence-electron chi connectivity index (χ4n) is 4.41. The number of piperidine rings is 1. The summed E-state index contributed by atoms with van der Waals surface area (Å²) in [7, 11) is 0. The Balaban J connectivity index is 1.38. The van der Waals surface area contributed by atoms with Gasteiger partial charge in [0.1, 0.15) is 24.4 Å². The number of benzene rings is 2. The van der Waals surface area contributed by atoms with Crippen LogP contribution in [0.5, 0.6) is 5.75 Å². The third-order valence-corrected chi connectivity index (χ3v) is 6.44. The second-order valence-electron chi connectivity index (χ2n) is 8.68. The standard InChI is InChI=1S/C26H32N2O5/c1-2-31-24(29)26(11-13-27-14-12-26)19-33-23-9-8-21-10-15-28(17-22(21)16-23)25(30)32-18-20-6-4-3-5-7-20/h3-9,16,27H,2,10-15,17-19H2,1H3. The van der Waals surface area contributed by atoms with Gasteiger partial charge in [-0.05, 0) is 68.1 Å². The van der Waals surface area contributed by atoms with Crippen LogP contribution in [0.15, 0.2) is 48.5 Å². The Morgan fingerprint density at radius 2 is 1.82 bits per heavy atom. The molecule has 0 radical (unpaired) electrons. The predicted octanol–water partition coefficient (Wildman–Crippen LogP) is 3.69. The molecule has 1 saturated heterocycles. The zero-order chi connectivity index (χ0) is 23.1. The molecule has 2 aliphatic rings. The maximum Gasteiger partial charge on any atom is 0.410 e. The second-order valence-corrected chi connectivity index (χ2v) is 8.68. The Hall–Kier alpha value is -3.06. The number of nitrogens with one attached hydrogen (secondary N) is 1. The van der Waals surface area contributed by atoms with Crippen molar-refractivity contribution in [2.24, 2.45) is 5.41 Å². The van der Waals surface area contributed by atoms with E-state index < -0.39 is 5.41 Å². The van der Waals surface area contributed by atoms with Crippen molar-refractivity contribution in [3.63, 3.8) is 0 Å². The summed E-state index contributed by atoms with van der Waals surface area (Å²) in [6, 6.07) is 15.6. The number of nitrogens with zero attached hydrogens (tertiary/aromatic N) is 1. The molecule has 0 aromatic heterocycles. The van der Waals surface area contributed by atoms with E-state index in [1.165, 1.54) is 5.56 Å². The molecule has 0 aliphatic carbocycles. The van der Waals surface area contributed by atoms with E-state index in [2.05, 4.69) is 11.4 Å². The van der Waals surface area contributed by atoms with Crippen molar-refractivity contribution in [1.29, 1.82) is 0 Å². The zero-order valence-corrected chi connectivity index (χ0v) is 19.2. The molecule has 0 bridgehead atoms. The average Bonchev–Trinajstić information content (AvgIpc) is 2.87. The number of carbonyl (C=O) groups excluding carboxylic acids is 2. The molecule has 33 heavy (non-hydrogen) atoms. The van der Waals surface area contributed by atoms with E-state index in [-0.39, 0.29) is 25.3 Å². The van der Waals surface area contributed by atoms with Crippen LogP contribution in [-0.2, 0) is 33.8 Å². The summed E-state index contributed by atoms with van der Waals surface area (Å²) in [5.74, 6) is 0.521. The lowest BCUT2D eigenvalue weighted by atomic mass is 9.79. The average molecular weight is 453 g/mol. The molecule has 0 atom stereocenters. The first-order valence-electron chi connectivity index (χ1n) is 11.7. The van der Waals surface area contributed by atoms with Gasteiger partial charge in [0, 0.05) is 13.1 Å². The normalized spacial score (nSPS) is 17.1. The van der Waals surface area contributed by atoms with Crippen LogP contribution in [0, 0.1) is 5.41 Å². The van der Waals surface area contributed by atoms with Gasteiger partial charge in [0.25, 0.3) is 0 Å². The minimum atomic E-state index is -0.621. The molecular formula is C26H32N2O5. The first-order chi connectivity index (χ1) is 16.1. The summed E-state index contributed by atoms with van der Waals surface area (Å²) in [4.78, 5) is 27.0. The highest BCUT2D eigenvalue weighted by Gasteiger charge is 2.42. The molecule has 2 aliphatic heterocycles. The van der Waals surface area contributed by atoms with Gasteiger partial charge < -0.3 is 24.4 Å². The largest absolute Gasteiger partial charge is 0.492 e. The Morgan fingerprint density at radius 3 is 2.58 bits per heavy atom. The Labute approximate surface area is 195 Å². The van der Waals surface area contributed by atoms with Gasteiger partial charge in [-0.3, -0.25) is 4.79 Å². The van der Waals surface area contributed by atoms with Crippen molar-refractivity contribution in [3.05, 3.63) is 65.2 Å². The first-order valence-corrected chi connectivity index (χ1v) is 11.7. The number of hydrogen-bond acceptors (Lipinski definition) is 6. The van der Waals surface area contributed by atoms with Gasteiger partial charge in [0.15, 0.2) is 0 Å². The molecule has 1 fully saturated rings. The number of carbonyl (C=O) groups is 2. The van der Waals surface area contributed by atoms with Gasteiger partial charge in [0.2, 0.25) is 0 Å². The van der Waals surface area contributed by atoms with Crippen LogP contribution >= 0.6 is 0 Å². The molecular weight excluding hydrogens is 420 g/mol. The third-order valence-electron chi connectivity index (χ3n) is 6.44. The van der Waals surface area contributed by atoms with E-state index in [0.29, 0.717) is 38.3 Å². The molecule has 4 rings (SSSR count). The van der Waals surface area contributed by atoms with Crippen LogP contribution in [0.25, 0.3) is 0 Å². The number of amides is 1. The smallest absolute Gasteiger partial charge is 0.410 e. The molecule has 7 nitrogen and oxygen atoms in total. The van der Waals surface area contributed by atoms with Crippen LogP contribution in [-0.4, -0.2) is 49.8 Å². The topological polar surface area (TPSA) is 77.1 Å². The summed E-state index contributed by atoms with van der Waals surface area (Å²) < 4.78 is 17.0. The van der Waals surface area contributed by atoms with E-state index >= 15 is 0 Å². The maximum absolute atomic E-state index is 12.7. The number of esters is 1. The number of hydrogen-bond donors (Lipinski definition) is 1. The molecule has 176 valence electrons. The van der Waals surface area contributed by atoms with Gasteiger partial charge in [-0.15, -0.1) is 0 Å². The molecule has 0 unspecified atom stereocenters. The van der Waals surface area contributed by atoms with E-state index in [9.17, 15) is 9.59 Å². The van der Waals surface area contributed by atoms with E-state index in [1.54, 1.807) is 4.90 Å². The summed E-state index contributed by atoms with van der Waals surface area (Å²) in [5, 5.41) is 3.30. The van der Waals surface area contributed by atoms with Gasteiger partial charge in [-0.2, -0.15) is 0 Å². The summed E-state index contributed by atoms with van der Waals surface area (Å²) >= 11 is 0. The SMILES string of the molecule is CCOC(=O)C1(COc2ccc3c(c2)CN(C(=O)OCc2ccccc2)CC3)CCNCC1. The molecule has 7 heteroatoms. The number of rotatable bonds is 7. The van der Waals surface area contributed by atoms with E-state index in [0.717, 1.165) is 30.6 Å². The highest BCUT2D eigenvalue weighted by atomic mass is 16.6. The van der Waals surface area contributed by atoms with Crippen LogP contribution in [0.4, 0.5) is 4.79 Å². The fourth-order valence-corrected chi connectivity index (χ4v) is 4.41. The lowest BCUT2D eigenvalue weighted by Gasteiger charge is -2.35. The van der Waals surface area contributed by atoms with Crippen molar-refractivity contribution in [3.8, 4) is 5.75 Å². The molecule has 0 spiro atoms. The highest BCUT2D eigenvalue weighted by molar-refractivity contribution is 5.77. The summed E-state index contributed by atoms with van der Waals surface area (Å²) in [5.41, 5.74) is 2.60. The van der Waals surface area contributed by atoms with Crippen molar-refractivity contribution in [2.75, 3.05) is 32.8 Å². The highest BCUT2D eigenvalue weighted by Crippen LogP contribution is 2.32. The van der Waals surface area contributed by atoms with Gasteiger partial charge in [-0.25, -0.2) is 4.79 Å². The molecule has 2 heterocycles. The van der Waals surface area contributed by atoms with Gasteiger partial charge >= 0.3 is 12.1 Å².